The molecule has 1 aliphatic heterocycles. The van der Waals surface area contributed by atoms with E-state index in [2.05, 4.69) is 24.1 Å². The zero-order valence-corrected chi connectivity index (χ0v) is 18.7. The van der Waals surface area contributed by atoms with E-state index < -0.39 is 0 Å². The van der Waals surface area contributed by atoms with Gasteiger partial charge in [-0.15, -0.1) is 0 Å². The Morgan fingerprint density at radius 3 is 1.77 bits per heavy atom. The smallest absolute Gasteiger partial charge is 0.119 e. The highest BCUT2D eigenvalue weighted by Gasteiger charge is 2.33. The van der Waals surface area contributed by atoms with Crippen LogP contribution >= 0.6 is 0 Å². The summed E-state index contributed by atoms with van der Waals surface area (Å²) in [4.78, 5) is 0. The van der Waals surface area contributed by atoms with Gasteiger partial charge in [-0.3, -0.25) is 0 Å². The molecule has 0 unspecified atom stereocenters. The number of unbranched alkanes of at least 4 members (excludes halogenated alkanes) is 2. The van der Waals surface area contributed by atoms with Crippen molar-refractivity contribution < 1.29 is 18.9 Å². The predicted molar refractivity (Wildman–Crippen MR) is 122 cm³/mol. The molecule has 0 spiro atoms. The van der Waals surface area contributed by atoms with Crippen molar-refractivity contribution in [3.05, 3.63) is 48.5 Å². The Bertz CT molecular complexity index is 786. The van der Waals surface area contributed by atoms with E-state index in [0.717, 1.165) is 81.6 Å². The third kappa shape index (κ3) is 8.31. The summed E-state index contributed by atoms with van der Waals surface area (Å²) < 4.78 is 22.4. The molecule has 0 radical (unpaired) electrons. The van der Waals surface area contributed by atoms with Crippen LogP contribution in [-0.2, 0) is 9.47 Å². The van der Waals surface area contributed by atoms with Gasteiger partial charge in [-0.25, -0.2) is 0 Å². The van der Waals surface area contributed by atoms with Gasteiger partial charge in [-0.1, -0.05) is 20.3 Å². The zero-order valence-electron chi connectivity index (χ0n) is 18.7. The number of benzene rings is 2. The fourth-order valence-corrected chi connectivity index (χ4v) is 3.02. The Morgan fingerprint density at radius 1 is 0.774 bits per heavy atom. The highest BCUT2D eigenvalue weighted by atomic mass is 16.5. The molecule has 2 aromatic rings. The molecule has 1 fully saturated rings. The first-order chi connectivity index (χ1) is 15.2. The minimum Gasteiger partial charge on any atom is -0.494 e. The minimum absolute atomic E-state index is 0.224. The monoisotopic (exact) mass is 426 g/mol. The number of hydrogen-bond donors (Lipinski definition) is 0. The van der Waals surface area contributed by atoms with Crippen LogP contribution < -0.4 is 9.47 Å². The van der Waals surface area contributed by atoms with Gasteiger partial charge in [0.15, 0.2) is 0 Å². The first-order valence-electron chi connectivity index (χ1n) is 11.2. The summed E-state index contributed by atoms with van der Waals surface area (Å²) in [7, 11) is 0. The van der Waals surface area contributed by atoms with Gasteiger partial charge in [0.05, 0.1) is 44.4 Å². The van der Waals surface area contributed by atoms with E-state index in [1.54, 1.807) is 0 Å². The van der Waals surface area contributed by atoms with E-state index in [-0.39, 0.29) is 5.41 Å². The van der Waals surface area contributed by atoms with Crippen molar-refractivity contribution in [2.45, 2.75) is 39.5 Å². The molecule has 0 aromatic heterocycles. The summed E-state index contributed by atoms with van der Waals surface area (Å²) in [6.07, 6.45) is 4.14. The lowest BCUT2D eigenvalue weighted by molar-refractivity contribution is -0.138. The van der Waals surface area contributed by atoms with Gasteiger partial charge in [0.25, 0.3) is 0 Å². The van der Waals surface area contributed by atoms with Crippen molar-refractivity contribution >= 4 is 11.4 Å². The minimum atomic E-state index is 0.224. The Labute approximate surface area is 185 Å². The average Bonchev–Trinajstić information content (AvgIpc) is 2.77. The summed E-state index contributed by atoms with van der Waals surface area (Å²) in [6, 6.07) is 15.3. The van der Waals surface area contributed by atoms with Crippen LogP contribution in [-0.4, -0.2) is 39.6 Å². The first kappa shape index (κ1) is 23.2. The molecule has 0 bridgehead atoms. The van der Waals surface area contributed by atoms with Crippen LogP contribution in [0.3, 0.4) is 0 Å². The Balaban J connectivity index is 1.31. The van der Waals surface area contributed by atoms with Crippen molar-refractivity contribution in [3.63, 3.8) is 0 Å². The molecule has 31 heavy (non-hydrogen) atoms. The van der Waals surface area contributed by atoms with Crippen LogP contribution in [0.4, 0.5) is 11.4 Å². The normalized spacial score (nSPS) is 15.0. The zero-order chi connectivity index (χ0) is 21.8. The third-order valence-electron chi connectivity index (χ3n) is 5.02. The van der Waals surface area contributed by atoms with Crippen molar-refractivity contribution in [1.82, 2.24) is 0 Å². The maximum absolute atomic E-state index is 5.80. The van der Waals surface area contributed by atoms with Gasteiger partial charge in [-0.05, 0) is 67.8 Å². The molecule has 3 rings (SSSR count). The van der Waals surface area contributed by atoms with Gasteiger partial charge in [0.2, 0.25) is 0 Å². The number of azo groups is 1. The van der Waals surface area contributed by atoms with Crippen molar-refractivity contribution in [3.8, 4) is 11.5 Å². The van der Waals surface area contributed by atoms with Crippen LogP contribution in [0.5, 0.6) is 11.5 Å². The molecule has 1 aliphatic rings. The molecular formula is C25H34N2O4. The second-order valence-electron chi connectivity index (χ2n) is 8.30. The highest BCUT2D eigenvalue weighted by molar-refractivity contribution is 5.44. The van der Waals surface area contributed by atoms with Crippen LogP contribution in [0.15, 0.2) is 58.8 Å². The predicted octanol–water partition coefficient (Wildman–Crippen LogP) is 6.49. The standard InChI is InChI=1S/C25H34N2O4/c1-3-4-16-30-23-11-7-21(8-12-23)26-27-22-9-13-24(14-10-22)31-17-6-5-15-28-18-25(2)19-29-20-25/h7-14H,3-6,15-20H2,1-2H3. The van der Waals surface area contributed by atoms with Gasteiger partial charge in [0, 0.05) is 12.0 Å². The maximum atomic E-state index is 5.80. The summed E-state index contributed by atoms with van der Waals surface area (Å²) in [5.74, 6) is 1.70. The summed E-state index contributed by atoms with van der Waals surface area (Å²) in [6.45, 7) is 8.94. The fourth-order valence-electron chi connectivity index (χ4n) is 3.02. The lowest BCUT2D eigenvalue weighted by atomic mass is 9.90. The molecule has 2 aromatic carbocycles. The number of hydrogen-bond acceptors (Lipinski definition) is 6. The third-order valence-corrected chi connectivity index (χ3v) is 5.02. The van der Waals surface area contributed by atoms with Gasteiger partial charge in [-0.2, -0.15) is 10.2 Å². The largest absolute Gasteiger partial charge is 0.494 e. The maximum Gasteiger partial charge on any atom is 0.119 e. The van der Waals surface area contributed by atoms with E-state index in [1.807, 2.05) is 48.5 Å². The number of ether oxygens (including phenoxy) is 4. The second-order valence-corrected chi connectivity index (χ2v) is 8.30. The molecule has 1 saturated heterocycles. The molecule has 168 valence electrons. The average molecular weight is 427 g/mol. The van der Waals surface area contributed by atoms with Crippen LogP contribution in [0, 0.1) is 5.41 Å². The van der Waals surface area contributed by atoms with Crippen molar-refractivity contribution in [1.29, 1.82) is 0 Å². The quantitative estimate of drug-likeness (QED) is 0.256. The fraction of sp³-hybridized carbons (Fsp3) is 0.520. The Hall–Kier alpha value is -2.44. The molecular weight excluding hydrogens is 392 g/mol. The number of rotatable bonds is 14. The van der Waals surface area contributed by atoms with E-state index in [9.17, 15) is 0 Å². The number of nitrogens with zero attached hydrogens (tertiary/aromatic N) is 2. The molecule has 0 aliphatic carbocycles. The van der Waals surface area contributed by atoms with Gasteiger partial charge < -0.3 is 18.9 Å². The van der Waals surface area contributed by atoms with Crippen LogP contribution in [0.2, 0.25) is 0 Å². The molecule has 0 N–H and O–H groups in total. The van der Waals surface area contributed by atoms with Crippen LogP contribution in [0.25, 0.3) is 0 Å². The topological polar surface area (TPSA) is 61.6 Å². The molecule has 6 heteroatoms. The highest BCUT2D eigenvalue weighted by Crippen LogP contribution is 2.26. The van der Waals surface area contributed by atoms with E-state index in [0.29, 0.717) is 6.61 Å². The first-order valence-corrected chi connectivity index (χ1v) is 11.2. The van der Waals surface area contributed by atoms with E-state index in [4.69, 9.17) is 18.9 Å². The SMILES string of the molecule is CCCCOc1ccc(N=Nc2ccc(OCCCCOCC3(C)COC3)cc2)cc1. The molecule has 0 saturated carbocycles. The second kappa shape index (κ2) is 12.4. The van der Waals surface area contributed by atoms with Crippen molar-refractivity contribution in [2.75, 3.05) is 39.6 Å². The van der Waals surface area contributed by atoms with Crippen molar-refractivity contribution in [2.24, 2.45) is 15.6 Å². The van der Waals surface area contributed by atoms with E-state index >= 15 is 0 Å². The summed E-state index contributed by atoms with van der Waals surface area (Å²) in [5, 5.41) is 8.57. The molecule has 1 heterocycles. The molecule has 0 atom stereocenters. The summed E-state index contributed by atoms with van der Waals surface area (Å²) in [5.41, 5.74) is 1.81. The Morgan fingerprint density at radius 2 is 1.29 bits per heavy atom. The Kier molecular flexibility index (Phi) is 9.31. The van der Waals surface area contributed by atoms with Gasteiger partial charge in [0.1, 0.15) is 11.5 Å². The van der Waals surface area contributed by atoms with Gasteiger partial charge >= 0.3 is 0 Å². The summed E-state index contributed by atoms with van der Waals surface area (Å²) >= 11 is 0. The molecule has 0 amide bonds. The lowest BCUT2D eigenvalue weighted by Gasteiger charge is -2.37. The van der Waals surface area contributed by atoms with E-state index in [1.165, 1.54) is 0 Å². The van der Waals surface area contributed by atoms with Crippen LogP contribution in [0.1, 0.15) is 39.5 Å². The molecule has 6 nitrogen and oxygen atoms in total. The lowest BCUT2D eigenvalue weighted by Crippen LogP contribution is -2.43.